The van der Waals surface area contributed by atoms with Crippen LogP contribution >= 0.6 is 0 Å². The van der Waals surface area contributed by atoms with Crippen LogP contribution in [0.15, 0.2) is 0 Å². The minimum absolute atomic E-state index is 0. The van der Waals surface area contributed by atoms with Crippen molar-refractivity contribution < 1.29 is 54.5 Å². The molecular weight excluding hydrogens is 163 g/mol. The van der Waals surface area contributed by atoms with Crippen LogP contribution in [-0.4, -0.2) is 23.1 Å². The number of aliphatic hydroxyl groups is 1. The molecule has 0 aliphatic heterocycles. The second kappa shape index (κ2) is 6.60. The number of rotatable bonds is 4. The van der Waals surface area contributed by atoms with Crippen LogP contribution in [0.5, 0.6) is 0 Å². The zero-order chi connectivity index (χ0) is 8.15. The number of hydrogen-bond donors (Lipinski definition) is 1. The molecule has 0 aliphatic carbocycles. The predicted octanol–water partition coefficient (Wildman–Crippen LogP) is -6.37. The fourth-order valence-electron chi connectivity index (χ4n) is 0.457. The SMILES string of the molecule is O=C([O-])CC(O)CC(=O)[O-].[Na+]. The summed E-state index contributed by atoms with van der Waals surface area (Å²) in [6.07, 6.45) is -2.75. The Hall–Kier alpha value is -0.100. The molecule has 0 aromatic rings. The van der Waals surface area contributed by atoms with E-state index in [0.29, 0.717) is 0 Å². The maximum absolute atomic E-state index is 9.71. The Morgan fingerprint density at radius 1 is 1.18 bits per heavy atom. The normalized spacial score (nSPS) is 8.91. The summed E-state index contributed by atoms with van der Waals surface area (Å²) >= 11 is 0. The zero-order valence-electron chi connectivity index (χ0n) is 6.07. The van der Waals surface area contributed by atoms with Crippen molar-refractivity contribution in [2.45, 2.75) is 18.9 Å². The Morgan fingerprint density at radius 2 is 1.45 bits per heavy atom. The van der Waals surface area contributed by atoms with Crippen LogP contribution in [0, 0.1) is 0 Å². The summed E-state index contributed by atoms with van der Waals surface area (Å²) in [5.74, 6) is -2.96. The fourth-order valence-corrected chi connectivity index (χ4v) is 0.457. The maximum atomic E-state index is 9.71. The van der Waals surface area contributed by atoms with E-state index >= 15 is 0 Å². The summed E-state index contributed by atoms with van der Waals surface area (Å²) in [6, 6.07) is 0. The Bertz CT molecular complexity index is 130. The van der Waals surface area contributed by atoms with Gasteiger partial charge in [-0.15, -0.1) is 0 Å². The minimum atomic E-state index is -1.48. The smallest absolute Gasteiger partial charge is 0.550 e. The van der Waals surface area contributed by atoms with Gasteiger partial charge < -0.3 is 24.9 Å². The monoisotopic (exact) mass is 169 g/mol. The summed E-state index contributed by atoms with van der Waals surface area (Å²) in [4.78, 5) is 19.4. The van der Waals surface area contributed by atoms with Gasteiger partial charge in [-0.3, -0.25) is 0 Å². The van der Waals surface area contributed by atoms with Crippen molar-refractivity contribution in [1.29, 1.82) is 0 Å². The zero-order valence-corrected chi connectivity index (χ0v) is 8.07. The van der Waals surface area contributed by atoms with Crippen molar-refractivity contribution in [3.8, 4) is 0 Å². The van der Waals surface area contributed by atoms with Gasteiger partial charge in [0.05, 0.1) is 6.10 Å². The first-order valence-electron chi connectivity index (χ1n) is 2.60. The molecule has 0 heterocycles. The Balaban J connectivity index is 0. The summed E-state index contributed by atoms with van der Waals surface area (Å²) in [6.45, 7) is 0. The molecule has 0 unspecified atom stereocenters. The van der Waals surface area contributed by atoms with E-state index in [1.807, 2.05) is 0 Å². The summed E-state index contributed by atoms with van der Waals surface area (Å²) in [7, 11) is 0. The first-order chi connectivity index (χ1) is 4.52. The molecule has 0 saturated heterocycles. The molecule has 0 spiro atoms. The van der Waals surface area contributed by atoms with E-state index in [-0.39, 0.29) is 29.6 Å². The van der Waals surface area contributed by atoms with Crippen molar-refractivity contribution >= 4 is 11.9 Å². The third kappa shape index (κ3) is 9.90. The van der Waals surface area contributed by atoms with Crippen LogP contribution in [0.2, 0.25) is 0 Å². The number of carboxylic acid groups (broad SMARTS) is 2. The Kier molecular flexibility index (Phi) is 8.09. The van der Waals surface area contributed by atoms with E-state index in [1.165, 1.54) is 0 Å². The number of hydrogen-bond acceptors (Lipinski definition) is 5. The van der Waals surface area contributed by atoms with Crippen molar-refractivity contribution in [1.82, 2.24) is 0 Å². The van der Waals surface area contributed by atoms with Crippen LogP contribution in [0.4, 0.5) is 0 Å². The third-order valence-electron chi connectivity index (χ3n) is 0.805. The van der Waals surface area contributed by atoms with Crippen LogP contribution < -0.4 is 39.8 Å². The van der Waals surface area contributed by atoms with Crippen LogP contribution in [0.1, 0.15) is 12.8 Å². The Labute approximate surface area is 85.3 Å². The second-order valence-corrected chi connectivity index (χ2v) is 1.81. The molecule has 0 rings (SSSR count). The van der Waals surface area contributed by atoms with Crippen LogP contribution in [-0.2, 0) is 9.59 Å². The largest absolute Gasteiger partial charge is 1.00 e. The number of aliphatic hydroxyl groups excluding tert-OH is 1. The molecule has 0 amide bonds. The number of aliphatic carboxylic acids is 2. The van der Waals surface area contributed by atoms with Gasteiger partial charge in [0.2, 0.25) is 0 Å². The van der Waals surface area contributed by atoms with Crippen LogP contribution in [0.3, 0.4) is 0 Å². The molecule has 0 saturated carbocycles. The minimum Gasteiger partial charge on any atom is -0.550 e. The second-order valence-electron chi connectivity index (χ2n) is 1.81. The number of carbonyl (C=O) groups excluding carboxylic acids is 2. The van der Waals surface area contributed by atoms with Gasteiger partial charge in [-0.25, -0.2) is 0 Å². The summed E-state index contributed by atoms with van der Waals surface area (Å²) in [5, 5.41) is 28.0. The topological polar surface area (TPSA) is 100 Å². The number of carbonyl (C=O) groups is 2. The van der Waals surface area contributed by atoms with Crippen molar-refractivity contribution in [2.75, 3.05) is 0 Å². The van der Waals surface area contributed by atoms with Gasteiger partial charge in [0.1, 0.15) is 0 Å². The molecule has 1 N–H and O–H groups in total. The molecule has 0 aromatic carbocycles. The molecular formula is C5H6NaO5-. The van der Waals surface area contributed by atoms with Crippen LogP contribution in [0.25, 0.3) is 0 Å². The molecule has 6 heteroatoms. The van der Waals surface area contributed by atoms with E-state index in [9.17, 15) is 19.8 Å². The van der Waals surface area contributed by atoms with Crippen molar-refractivity contribution in [3.63, 3.8) is 0 Å². The summed E-state index contributed by atoms with van der Waals surface area (Å²) < 4.78 is 0. The first kappa shape index (κ1) is 13.5. The van der Waals surface area contributed by atoms with Gasteiger partial charge in [0.15, 0.2) is 0 Å². The van der Waals surface area contributed by atoms with Gasteiger partial charge >= 0.3 is 29.6 Å². The van der Waals surface area contributed by atoms with Gasteiger partial charge in [-0.1, -0.05) is 0 Å². The summed E-state index contributed by atoms with van der Waals surface area (Å²) in [5.41, 5.74) is 0. The Morgan fingerprint density at radius 3 is 1.64 bits per heavy atom. The van der Waals surface area contributed by atoms with Crippen molar-refractivity contribution in [3.05, 3.63) is 0 Å². The fraction of sp³-hybridized carbons (Fsp3) is 0.600. The molecule has 5 nitrogen and oxygen atoms in total. The quantitative estimate of drug-likeness (QED) is 0.422. The van der Waals surface area contributed by atoms with E-state index in [1.54, 1.807) is 0 Å². The molecule has 0 fully saturated rings. The molecule has 0 radical (unpaired) electrons. The standard InChI is InChI=1S/C5H8O5.Na/c6-3(1-4(7)8)2-5(9)10;/h3,6H,1-2H2,(H,7,8)(H,9,10);/q;+1/p-2. The first-order valence-corrected chi connectivity index (χ1v) is 2.60. The van der Waals surface area contributed by atoms with Gasteiger partial charge in [-0.2, -0.15) is 0 Å². The van der Waals surface area contributed by atoms with E-state index in [2.05, 4.69) is 0 Å². The van der Waals surface area contributed by atoms with Gasteiger partial charge in [0, 0.05) is 24.8 Å². The molecule has 11 heavy (non-hydrogen) atoms. The molecule has 0 bridgehead atoms. The number of carboxylic acids is 2. The van der Waals surface area contributed by atoms with E-state index < -0.39 is 30.9 Å². The maximum Gasteiger partial charge on any atom is 1.00 e. The predicted molar refractivity (Wildman–Crippen MR) is 25.3 cm³/mol. The van der Waals surface area contributed by atoms with Gasteiger partial charge in [0.25, 0.3) is 0 Å². The average molecular weight is 169 g/mol. The molecule has 0 atom stereocenters. The van der Waals surface area contributed by atoms with Gasteiger partial charge in [-0.05, 0) is 0 Å². The average Bonchev–Trinajstić information content (AvgIpc) is 1.58. The molecule has 0 aromatic heterocycles. The molecule has 0 aliphatic rings. The third-order valence-corrected chi connectivity index (χ3v) is 0.805. The van der Waals surface area contributed by atoms with E-state index in [4.69, 9.17) is 5.11 Å². The van der Waals surface area contributed by atoms with Crippen molar-refractivity contribution in [2.24, 2.45) is 0 Å². The molecule has 58 valence electrons. The van der Waals surface area contributed by atoms with E-state index in [0.717, 1.165) is 0 Å².